The molecule has 49 heavy (non-hydrogen) atoms. The highest BCUT2D eigenvalue weighted by Gasteiger charge is 2.41. The Morgan fingerprint density at radius 2 is 1.96 bits per heavy atom. The first-order chi connectivity index (χ1) is 23.4. The summed E-state index contributed by atoms with van der Waals surface area (Å²) in [5, 5.41) is 27.5. The number of hydrogen-bond acceptors (Lipinski definition) is 9. The minimum absolute atomic E-state index is 0.0584. The SMILES string of the molecule is C=CC(O)N1C[C@H](C)n2nc(-c3nc(-c4cnc5c(c4)CN(C)CC5(F)F)c4ccsc4c3-c3c(F)cc(F)cc3OCCO)cc2[C@H]1C. The lowest BCUT2D eigenvalue weighted by atomic mass is 9.95. The van der Waals surface area contributed by atoms with E-state index in [1.54, 1.807) is 13.1 Å². The van der Waals surface area contributed by atoms with Crippen molar-refractivity contribution < 1.29 is 32.5 Å². The predicted octanol–water partition coefficient (Wildman–Crippen LogP) is 6.52. The van der Waals surface area contributed by atoms with Gasteiger partial charge in [-0.25, -0.2) is 13.8 Å². The third kappa shape index (κ3) is 5.70. The molecule has 3 atom stereocenters. The normalized spacial score (nSPS) is 19.9. The lowest BCUT2D eigenvalue weighted by Gasteiger charge is -2.39. The number of halogens is 4. The van der Waals surface area contributed by atoms with Gasteiger partial charge in [0.15, 0.2) is 0 Å². The zero-order valence-corrected chi connectivity index (χ0v) is 27.8. The van der Waals surface area contributed by atoms with Crippen molar-refractivity contribution in [2.75, 3.05) is 33.4 Å². The van der Waals surface area contributed by atoms with Gasteiger partial charge in [-0.1, -0.05) is 6.58 Å². The lowest BCUT2D eigenvalue weighted by Crippen LogP contribution is -2.44. The largest absolute Gasteiger partial charge is 0.490 e. The van der Waals surface area contributed by atoms with Crippen LogP contribution in [-0.4, -0.2) is 79.3 Å². The van der Waals surface area contributed by atoms with E-state index in [1.807, 2.05) is 40.9 Å². The summed E-state index contributed by atoms with van der Waals surface area (Å²) in [6.45, 7) is 7.34. The van der Waals surface area contributed by atoms with Crippen LogP contribution in [-0.2, 0) is 12.5 Å². The molecule has 4 aromatic heterocycles. The van der Waals surface area contributed by atoms with Crippen LogP contribution >= 0.6 is 11.3 Å². The summed E-state index contributed by atoms with van der Waals surface area (Å²) in [5.74, 6) is -5.00. The second-order valence-corrected chi connectivity index (χ2v) is 13.5. The van der Waals surface area contributed by atoms with Crippen LogP contribution in [0.15, 0.2) is 54.6 Å². The fourth-order valence-electron chi connectivity index (χ4n) is 6.95. The highest BCUT2D eigenvalue weighted by molar-refractivity contribution is 7.18. The summed E-state index contributed by atoms with van der Waals surface area (Å²) in [7, 11) is 1.62. The van der Waals surface area contributed by atoms with Crippen molar-refractivity contribution in [1.29, 1.82) is 0 Å². The molecule has 7 rings (SSSR count). The Bertz CT molecular complexity index is 2080. The molecule has 0 amide bonds. The lowest BCUT2D eigenvalue weighted by molar-refractivity contribution is -0.0497. The van der Waals surface area contributed by atoms with Crippen LogP contribution in [0.4, 0.5) is 17.6 Å². The first kappa shape index (κ1) is 33.3. The summed E-state index contributed by atoms with van der Waals surface area (Å²) in [6, 6.07) is 6.67. The van der Waals surface area contributed by atoms with Gasteiger partial charge in [0.1, 0.15) is 47.3 Å². The maximum atomic E-state index is 16.0. The number of aliphatic hydroxyl groups is 2. The molecule has 0 spiro atoms. The summed E-state index contributed by atoms with van der Waals surface area (Å²) >= 11 is 1.30. The number of nitrogens with zero attached hydrogens (tertiary/aromatic N) is 6. The number of likely N-dealkylation sites (N-methyl/N-ethyl adjacent to an activating group) is 1. The van der Waals surface area contributed by atoms with Crippen molar-refractivity contribution in [2.45, 2.75) is 44.6 Å². The van der Waals surface area contributed by atoms with E-state index in [2.05, 4.69) is 11.6 Å². The number of thiophene rings is 1. The Labute approximate surface area is 283 Å². The van der Waals surface area contributed by atoms with Gasteiger partial charge >= 0.3 is 5.92 Å². The molecule has 0 saturated heterocycles. The van der Waals surface area contributed by atoms with E-state index in [4.69, 9.17) is 14.8 Å². The molecular formula is C35H34F4N6O3S. The molecule has 2 aliphatic rings. The number of pyridine rings is 2. The molecule has 1 aromatic carbocycles. The number of alkyl halides is 2. The van der Waals surface area contributed by atoms with Crippen molar-refractivity contribution in [3.8, 4) is 39.5 Å². The Morgan fingerprint density at radius 1 is 1.16 bits per heavy atom. The molecule has 0 saturated carbocycles. The average molecular weight is 695 g/mol. The zero-order chi connectivity index (χ0) is 34.8. The van der Waals surface area contributed by atoms with E-state index in [0.717, 1.165) is 17.8 Å². The molecule has 0 bridgehead atoms. The molecular weight excluding hydrogens is 660 g/mol. The van der Waals surface area contributed by atoms with Crippen LogP contribution in [0.5, 0.6) is 5.75 Å². The fourth-order valence-corrected chi connectivity index (χ4v) is 7.90. The summed E-state index contributed by atoms with van der Waals surface area (Å²) in [4.78, 5) is 12.7. The third-order valence-corrected chi connectivity index (χ3v) is 10.0. The van der Waals surface area contributed by atoms with Gasteiger partial charge in [0.2, 0.25) is 0 Å². The minimum atomic E-state index is -3.12. The molecule has 0 aliphatic carbocycles. The Morgan fingerprint density at radius 3 is 2.71 bits per heavy atom. The molecule has 1 unspecified atom stereocenters. The van der Waals surface area contributed by atoms with Crippen LogP contribution < -0.4 is 4.74 Å². The molecule has 2 N–H and O–H groups in total. The molecule has 14 heteroatoms. The van der Waals surface area contributed by atoms with Crippen LogP contribution in [0.1, 0.15) is 42.9 Å². The monoisotopic (exact) mass is 694 g/mol. The summed E-state index contributed by atoms with van der Waals surface area (Å²) in [5.41, 5.74) is 2.66. The summed E-state index contributed by atoms with van der Waals surface area (Å²) in [6.07, 6.45) is 1.94. The molecule has 2 aliphatic heterocycles. The first-order valence-corrected chi connectivity index (χ1v) is 16.7. The van der Waals surface area contributed by atoms with Crippen molar-refractivity contribution in [2.24, 2.45) is 0 Å². The van der Waals surface area contributed by atoms with Gasteiger partial charge in [-0.15, -0.1) is 11.3 Å². The number of benzene rings is 1. The van der Waals surface area contributed by atoms with Crippen molar-refractivity contribution in [3.63, 3.8) is 0 Å². The van der Waals surface area contributed by atoms with Gasteiger partial charge in [-0.3, -0.25) is 19.5 Å². The molecule has 0 fully saturated rings. The van der Waals surface area contributed by atoms with Gasteiger partial charge in [-0.05, 0) is 56.1 Å². The van der Waals surface area contributed by atoms with E-state index < -0.39 is 30.3 Å². The van der Waals surface area contributed by atoms with E-state index in [1.165, 1.54) is 28.5 Å². The maximum Gasteiger partial charge on any atom is 0.302 e. The van der Waals surface area contributed by atoms with Crippen molar-refractivity contribution >= 4 is 21.4 Å². The van der Waals surface area contributed by atoms with E-state index >= 15 is 4.39 Å². The molecule has 6 heterocycles. The Kier molecular flexibility index (Phi) is 8.56. The number of aromatic nitrogens is 4. The van der Waals surface area contributed by atoms with Gasteiger partial charge in [0.25, 0.3) is 0 Å². The number of fused-ring (bicyclic) bond motifs is 3. The fraction of sp³-hybridized carbons (Fsp3) is 0.343. The molecule has 0 radical (unpaired) electrons. The van der Waals surface area contributed by atoms with Gasteiger partial charge in [-0.2, -0.15) is 13.9 Å². The van der Waals surface area contributed by atoms with Crippen LogP contribution in [0.3, 0.4) is 0 Å². The van der Waals surface area contributed by atoms with Crippen molar-refractivity contribution in [1.82, 2.24) is 29.5 Å². The summed E-state index contributed by atoms with van der Waals surface area (Å²) < 4.78 is 68.6. The van der Waals surface area contributed by atoms with E-state index in [0.29, 0.717) is 44.7 Å². The Balaban J connectivity index is 1.51. The van der Waals surface area contributed by atoms with E-state index in [-0.39, 0.29) is 54.5 Å². The number of hydrogen-bond donors (Lipinski definition) is 2. The predicted molar refractivity (Wildman–Crippen MR) is 178 cm³/mol. The smallest absolute Gasteiger partial charge is 0.302 e. The maximum absolute atomic E-state index is 16.0. The number of rotatable bonds is 8. The second kappa shape index (κ2) is 12.6. The second-order valence-electron chi connectivity index (χ2n) is 12.6. The zero-order valence-electron chi connectivity index (χ0n) is 27.0. The van der Waals surface area contributed by atoms with Gasteiger partial charge in [0.05, 0.1) is 42.2 Å². The molecule has 256 valence electrons. The van der Waals surface area contributed by atoms with Gasteiger partial charge < -0.3 is 14.9 Å². The topological polar surface area (TPSA) is 99.8 Å². The molecule has 5 aromatic rings. The highest BCUT2D eigenvalue weighted by atomic mass is 32.1. The standard InChI is InChI=1S/C35H34F4N6O3S/c1-5-28(47)44-15-18(2)45-26(19(44)3)13-25(42-45)32-30(29-24(37)11-22(36)12-27(29)48-8-7-46)33-23(6-9-49-33)31(41-32)20-10-21-16-43(4)17-35(38,39)34(21)40-14-20/h5-6,9-14,18-19,28,46-47H,1,7-8,15-17H2,2-4H3/t18-,19+,28?/m0/s1. The number of ether oxygens (including phenoxy) is 1. The van der Waals surface area contributed by atoms with Crippen molar-refractivity contribution in [3.05, 3.63) is 83.1 Å². The van der Waals surface area contributed by atoms with E-state index in [9.17, 15) is 23.4 Å². The average Bonchev–Trinajstić information content (AvgIpc) is 3.73. The first-order valence-electron chi connectivity index (χ1n) is 15.8. The Hall–Kier alpha value is -4.21. The van der Waals surface area contributed by atoms with Gasteiger partial charge in [0, 0.05) is 52.6 Å². The highest BCUT2D eigenvalue weighted by Crippen LogP contribution is 2.48. The minimum Gasteiger partial charge on any atom is -0.490 e. The number of aliphatic hydroxyl groups excluding tert-OH is 2. The van der Waals surface area contributed by atoms with Crippen LogP contribution in [0.25, 0.3) is 43.9 Å². The quantitative estimate of drug-likeness (QED) is 0.140. The molecule has 9 nitrogen and oxygen atoms in total. The third-order valence-electron chi connectivity index (χ3n) is 9.10. The van der Waals surface area contributed by atoms with Crippen LogP contribution in [0, 0.1) is 11.6 Å². The van der Waals surface area contributed by atoms with Crippen LogP contribution in [0.2, 0.25) is 0 Å².